The van der Waals surface area contributed by atoms with Crippen LogP contribution in [0.4, 0.5) is 4.79 Å². The average Bonchev–Trinajstić information content (AvgIpc) is 3.23. The molecule has 1 unspecified atom stereocenters. The third-order valence-corrected chi connectivity index (χ3v) is 4.98. The Morgan fingerprint density at radius 1 is 1.31 bits per heavy atom. The summed E-state index contributed by atoms with van der Waals surface area (Å²) in [4.78, 5) is 35.9. The van der Waals surface area contributed by atoms with Gasteiger partial charge >= 0.3 is 14.1 Å². The van der Waals surface area contributed by atoms with E-state index in [0.29, 0.717) is 23.2 Å². The second kappa shape index (κ2) is 8.44. The molecule has 0 aromatic carbocycles. The maximum absolute atomic E-state index is 12.9. The van der Waals surface area contributed by atoms with E-state index in [2.05, 4.69) is 15.0 Å². The fourth-order valence-corrected chi connectivity index (χ4v) is 3.62. The minimum atomic E-state index is -2.00. The van der Waals surface area contributed by atoms with E-state index in [1.807, 2.05) is 0 Å². The van der Waals surface area contributed by atoms with Crippen LogP contribution in [0.3, 0.4) is 0 Å². The van der Waals surface area contributed by atoms with E-state index >= 15 is 0 Å². The quantitative estimate of drug-likeness (QED) is 0.540. The minimum absolute atomic E-state index is 0.171. The molecule has 3 rings (SSSR count). The molecule has 1 aliphatic heterocycles. The van der Waals surface area contributed by atoms with Gasteiger partial charge in [0, 0.05) is 11.8 Å². The topological polar surface area (TPSA) is 127 Å². The van der Waals surface area contributed by atoms with Crippen molar-refractivity contribution in [2.24, 2.45) is 0 Å². The Hall–Kier alpha value is -2.55. The van der Waals surface area contributed by atoms with Gasteiger partial charge in [-0.1, -0.05) is 6.08 Å². The first kappa shape index (κ1) is 21.2. The molecule has 29 heavy (non-hydrogen) atoms. The number of ether oxygens (including phenoxy) is 2. The number of fused-ring (bicyclic) bond motifs is 1. The molecule has 3 heterocycles. The highest BCUT2D eigenvalue weighted by Crippen LogP contribution is 2.36. The lowest BCUT2D eigenvalue weighted by Gasteiger charge is -2.31. The van der Waals surface area contributed by atoms with Gasteiger partial charge in [0.1, 0.15) is 16.6 Å². The van der Waals surface area contributed by atoms with Gasteiger partial charge in [-0.15, -0.1) is 4.52 Å². The van der Waals surface area contributed by atoms with Crippen molar-refractivity contribution in [2.75, 3.05) is 13.0 Å². The van der Waals surface area contributed by atoms with Gasteiger partial charge in [0.15, 0.2) is 6.23 Å². The van der Waals surface area contributed by atoms with Crippen molar-refractivity contribution in [1.82, 2.24) is 19.9 Å². The highest BCUT2D eigenvalue weighted by Gasteiger charge is 2.40. The molecule has 1 aliphatic rings. The molecule has 3 atom stereocenters. The second-order valence-electron chi connectivity index (χ2n) is 7.35. The van der Waals surface area contributed by atoms with Crippen molar-refractivity contribution in [3.63, 3.8) is 0 Å². The maximum atomic E-state index is 12.9. The zero-order valence-electron chi connectivity index (χ0n) is 16.7. The number of amides is 1. The molecule has 0 fully saturated rings. The molecule has 2 aromatic heterocycles. The van der Waals surface area contributed by atoms with E-state index < -0.39 is 32.0 Å². The number of nitrogens with zero attached hydrogens (tertiary/aromatic N) is 2. The Kier molecular flexibility index (Phi) is 6.16. The van der Waals surface area contributed by atoms with Gasteiger partial charge < -0.3 is 19.4 Å². The van der Waals surface area contributed by atoms with Crippen molar-refractivity contribution in [3.8, 4) is 0 Å². The highest BCUT2D eigenvalue weighted by atomic mass is 31.1. The van der Waals surface area contributed by atoms with Gasteiger partial charge in [0.25, 0.3) is 11.9 Å². The molecule has 0 spiro atoms. The van der Waals surface area contributed by atoms with Gasteiger partial charge in [-0.25, -0.2) is 9.78 Å². The number of nitrogens with one attached hydrogen (secondary N) is 2. The summed E-state index contributed by atoms with van der Waals surface area (Å²) in [6.07, 6.45) is 4.78. The number of aromatic nitrogens is 3. The monoisotopic (exact) mass is 423 g/mol. The Labute approximate surface area is 168 Å². The van der Waals surface area contributed by atoms with Crippen LogP contribution < -0.4 is 5.56 Å². The van der Waals surface area contributed by atoms with Gasteiger partial charge in [0.2, 0.25) is 0 Å². The smallest absolute Gasteiger partial charge is 0.444 e. The Bertz CT molecular complexity index is 992. The molecule has 11 heteroatoms. The number of carbonyl (C=O) groups excluding carboxylic acids is 1. The molecule has 0 saturated carbocycles. The van der Waals surface area contributed by atoms with Crippen LogP contribution in [0.15, 0.2) is 29.5 Å². The third-order valence-electron chi connectivity index (χ3n) is 4.08. The van der Waals surface area contributed by atoms with Crippen molar-refractivity contribution >= 4 is 25.2 Å². The summed E-state index contributed by atoms with van der Waals surface area (Å²) in [6.45, 7) is 7.32. The minimum Gasteiger partial charge on any atom is -0.444 e. The summed E-state index contributed by atoms with van der Waals surface area (Å²) in [5.41, 5.74) is 0.338. The van der Waals surface area contributed by atoms with Gasteiger partial charge in [0.05, 0.1) is 19.0 Å². The lowest BCUT2D eigenvalue weighted by molar-refractivity contribution is -0.0374. The summed E-state index contributed by atoms with van der Waals surface area (Å²) in [6, 6.07) is -0.581. The van der Waals surface area contributed by atoms with E-state index in [-0.39, 0.29) is 11.9 Å². The Morgan fingerprint density at radius 2 is 2.07 bits per heavy atom. The van der Waals surface area contributed by atoms with Crippen molar-refractivity contribution in [3.05, 3.63) is 40.6 Å². The largest absolute Gasteiger partial charge is 0.537 e. The Morgan fingerprint density at radius 3 is 2.76 bits per heavy atom. The van der Waals surface area contributed by atoms with E-state index in [1.165, 1.54) is 11.2 Å². The molecule has 2 N–H and O–H groups in total. The molecule has 0 saturated heterocycles. The summed E-state index contributed by atoms with van der Waals surface area (Å²) in [7, 11) is -2.00. The molecule has 0 aliphatic carbocycles. The molecular formula is C18H24N4O6P+. The van der Waals surface area contributed by atoms with Crippen molar-refractivity contribution < 1.29 is 23.4 Å². The zero-order valence-corrected chi connectivity index (χ0v) is 17.6. The van der Waals surface area contributed by atoms with E-state index in [1.54, 1.807) is 46.0 Å². The molecule has 2 aromatic rings. The zero-order chi connectivity index (χ0) is 21.2. The molecule has 0 radical (unpaired) electrons. The maximum Gasteiger partial charge on any atom is 0.537 e. The summed E-state index contributed by atoms with van der Waals surface area (Å²) >= 11 is 0. The normalized spacial score (nSPS) is 19.7. The lowest BCUT2D eigenvalue weighted by atomic mass is 10.1. The van der Waals surface area contributed by atoms with Gasteiger partial charge in [-0.2, -0.15) is 0 Å². The molecule has 0 bridgehead atoms. The first-order valence-corrected chi connectivity index (χ1v) is 10.5. The first-order chi connectivity index (χ1) is 13.7. The predicted molar refractivity (Wildman–Crippen MR) is 106 cm³/mol. The summed E-state index contributed by atoms with van der Waals surface area (Å²) in [5, 5.41) is 0. The van der Waals surface area contributed by atoms with Crippen LogP contribution in [0, 0.1) is 0 Å². The van der Waals surface area contributed by atoms with E-state index in [0.717, 1.165) is 0 Å². The number of H-pyrrole nitrogens is 2. The van der Waals surface area contributed by atoms with Crippen LogP contribution in [0.25, 0.3) is 11.0 Å². The standard InChI is InChI=1S/C18H23N4O6P/c1-5-27-29(25)10-26-13-7-6-12(22(13)17(24)28-18(2,3)4)11-8-19-15-14(11)20-9-21-16(15)23/h6-9,12-13H,5,10H2,1-4H3,(H-,19,20,21,23)/p+1/t12-,13+/m0/s1. The fraction of sp³-hybridized carbons (Fsp3) is 0.500. The van der Waals surface area contributed by atoms with Crippen molar-refractivity contribution in [2.45, 2.75) is 45.6 Å². The number of aromatic amines is 2. The second-order valence-corrected chi connectivity index (χ2v) is 8.54. The fourth-order valence-electron chi connectivity index (χ4n) is 2.98. The van der Waals surface area contributed by atoms with Gasteiger partial charge in [-0.05, 0) is 38.3 Å². The highest BCUT2D eigenvalue weighted by molar-refractivity contribution is 7.38. The number of hydrogen-bond donors (Lipinski definition) is 2. The third kappa shape index (κ3) is 4.72. The van der Waals surface area contributed by atoms with Crippen LogP contribution in [0.5, 0.6) is 0 Å². The Balaban J connectivity index is 1.91. The molecule has 10 nitrogen and oxygen atoms in total. The first-order valence-electron chi connectivity index (χ1n) is 9.14. The average molecular weight is 423 g/mol. The van der Waals surface area contributed by atoms with Crippen LogP contribution in [-0.2, 0) is 18.6 Å². The molecule has 1 amide bonds. The van der Waals surface area contributed by atoms with Gasteiger partial charge in [-0.3, -0.25) is 9.69 Å². The predicted octanol–water partition coefficient (Wildman–Crippen LogP) is 3.18. The van der Waals surface area contributed by atoms with Crippen LogP contribution in [0.1, 0.15) is 39.3 Å². The van der Waals surface area contributed by atoms with Crippen LogP contribution in [-0.4, -0.2) is 50.7 Å². The van der Waals surface area contributed by atoms with E-state index in [9.17, 15) is 14.2 Å². The summed E-state index contributed by atoms with van der Waals surface area (Å²) in [5.74, 6) is 0. The van der Waals surface area contributed by atoms with Crippen molar-refractivity contribution in [1.29, 1.82) is 0 Å². The SMILES string of the molecule is CCO[P+](=O)CO[C@@H]1C=C[C@@H](c2c[nH]c3c(=O)[nH]cnc23)N1C(=O)OC(C)(C)C. The lowest BCUT2D eigenvalue weighted by Crippen LogP contribution is -2.42. The van der Waals surface area contributed by atoms with Crippen LogP contribution in [0.2, 0.25) is 0 Å². The summed E-state index contributed by atoms with van der Waals surface area (Å²) < 4.78 is 28.0. The van der Waals surface area contributed by atoms with E-state index in [4.69, 9.17) is 14.0 Å². The van der Waals surface area contributed by atoms with Crippen LogP contribution >= 0.6 is 8.03 Å². The number of carbonyl (C=O) groups is 1. The number of hydrogen-bond acceptors (Lipinski definition) is 7. The molecule has 156 valence electrons. The molecular weight excluding hydrogens is 399 g/mol. The number of rotatable bonds is 6.